The average Bonchev–Trinajstić information content (AvgIpc) is 2.99. The Hall–Kier alpha value is -2.03. The molecular weight excluding hydrogens is 212 g/mol. The molecule has 0 radical (unpaired) electrons. The normalized spacial score (nSPS) is 23.2. The average molecular weight is 226 g/mol. The van der Waals surface area contributed by atoms with E-state index >= 15 is 0 Å². The van der Waals surface area contributed by atoms with Crippen molar-refractivity contribution in [2.75, 3.05) is 0 Å². The number of aromatic nitrogens is 1. The van der Waals surface area contributed by atoms with Crippen LogP contribution in [-0.4, -0.2) is 16.9 Å². The van der Waals surface area contributed by atoms with E-state index in [0.717, 1.165) is 5.69 Å². The Kier molecular flexibility index (Phi) is 2.44. The minimum atomic E-state index is 0.0227. The molecule has 3 rings (SSSR count). The van der Waals surface area contributed by atoms with Crippen LogP contribution >= 0.6 is 0 Å². The van der Waals surface area contributed by atoms with Crippen LogP contribution in [0, 0.1) is 0 Å². The van der Waals surface area contributed by atoms with Gasteiger partial charge in [-0.1, -0.05) is 30.3 Å². The Balaban J connectivity index is 1.85. The number of benzene rings is 1. The van der Waals surface area contributed by atoms with Crippen LogP contribution in [0.1, 0.15) is 24.3 Å². The summed E-state index contributed by atoms with van der Waals surface area (Å²) in [7, 11) is 0. The van der Waals surface area contributed by atoms with Crippen molar-refractivity contribution in [3.63, 3.8) is 0 Å². The maximum Gasteiger partial charge on any atom is 0.234 e. The number of aromatic amines is 1. The first-order chi connectivity index (χ1) is 8.34. The van der Waals surface area contributed by atoms with Crippen LogP contribution in [0.25, 0.3) is 0 Å². The molecule has 0 unspecified atom stereocenters. The Morgan fingerprint density at radius 2 is 1.94 bits per heavy atom. The standard InChI is InChI=1S/C14H14N2O/c1-10-13(11-6-3-2-4-7-11)17-14(16-10)12-8-5-9-15-12/h2-10,13,15H,1H3/t10-,13-/m1/s1. The minimum Gasteiger partial charge on any atom is -0.466 e. The first-order valence-corrected chi connectivity index (χ1v) is 5.78. The summed E-state index contributed by atoms with van der Waals surface area (Å²) in [5, 5.41) is 0. The number of nitrogens with one attached hydrogen (secondary N) is 1. The highest BCUT2D eigenvalue weighted by molar-refractivity contribution is 5.93. The van der Waals surface area contributed by atoms with E-state index < -0.39 is 0 Å². The van der Waals surface area contributed by atoms with Crippen LogP contribution in [-0.2, 0) is 4.74 Å². The number of hydrogen-bond acceptors (Lipinski definition) is 2. The topological polar surface area (TPSA) is 37.4 Å². The molecule has 0 saturated carbocycles. The maximum absolute atomic E-state index is 5.92. The Labute approximate surface area is 100 Å². The molecule has 1 aliphatic heterocycles. The van der Waals surface area contributed by atoms with Gasteiger partial charge in [-0.25, -0.2) is 4.99 Å². The second kappa shape index (κ2) is 4.09. The lowest BCUT2D eigenvalue weighted by atomic mass is 10.0. The van der Waals surface area contributed by atoms with Crippen LogP contribution in [0.3, 0.4) is 0 Å². The number of ether oxygens (including phenoxy) is 1. The molecule has 0 saturated heterocycles. The van der Waals surface area contributed by atoms with E-state index in [1.165, 1.54) is 5.56 Å². The highest BCUT2D eigenvalue weighted by Gasteiger charge is 2.29. The number of aliphatic imine (C=N–C) groups is 1. The fourth-order valence-electron chi connectivity index (χ4n) is 2.09. The minimum absolute atomic E-state index is 0.0227. The van der Waals surface area contributed by atoms with Gasteiger partial charge in [0.1, 0.15) is 11.8 Å². The van der Waals surface area contributed by atoms with Crippen molar-refractivity contribution in [1.29, 1.82) is 0 Å². The summed E-state index contributed by atoms with van der Waals surface area (Å²) in [5.41, 5.74) is 2.11. The van der Waals surface area contributed by atoms with Crippen molar-refractivity contribution >= 4 is 5.90 Å². The third-order valence-corrected chi connectivity index (χ3v) is 2.95. The molecule has 86 valence electrons. The molecule has 17 heavy (non-hydrogen) atoms. The Bertz CT molecular complexity index is 516. The van der Waals surface area contributed by atoms with E-state index in [-0.39, 0.29) is 12.1 Å². The van der Waals surface area contributed by atoms with Gasteiger partial charge >= 0.3 is 0 Å². The van der Waals surface area contributed by atoms with Gasteiger partial charge < -0.3 is 9.72 Å². The number of rotatable bonds is 2. The summed E-state index contributed by atoms with van der Waals surface area (Å²) in [4.78, 5) is 7.67. The molecule has 3 heteroatoms. The zero-order valence-corrected chi connectivity index (χ0v) is 9.63. The van der Waals surface area contributed by atoms with Crippen molar-refractivity contribution in [1.82, 2.24) is 4.98 Å². The molecule has 0 fully saturated rings. The lowest BCUT2D eigenvalue weighted by Crippen LogP contribution is -2.11. The fourth-order valence-corrected chi connectivity index (χ4v) is 2.09. The van der Waals surface area contributed by atoms with Crippen LogP contribution < -0.4 is 0 Å². The lowest BCUT2D eigenvalue weighted by molar-refractivity contribution is 0.202. The Morgan fingerprint density at radius 1 is 1.12 bits per heavy atom. The molecule has 0 spiro atoms. The molecular formula is C14H14N2O. The molecule has 1 aromatic heterocycles. The maximum atomic E-state index is 5.92. The van der Waals surface area contributed by atoms with Gasteiger partial charge in [0.25, 0.3) is 0 Å². The zero-order chi connectivity index (χ0) is 11.7. The molecule has 1 N–H and O–H groups in total. The molecule has 2 heterocycles. The quantitative estimate of drug-likeness (QED) is 0.840. The largest absolute Gasteiger partial charge is 0.466 e. The van der Waals surface area contributed by atoms with Gasteiger partial charge in [-0.05, 0) is 24.6 Å². The predicted molar refractivity (Wildman–Crippen MR) is 67.1 cm³/mol. The Morgan fingerprint density at radius 3 is 2.65 bits per heavy atom. The van der Waals surface area contributed by atoms with Crippen molar-refractivity contribution < 1.29 is 4.74 Å². The zero-order valence-electron chi connectivity index (χ0n) is 9.63. The molecule has 0 amide bonds. The van der Waals surface area contributed by atoms with E-state index in [0.29, 0.717) is 5.90 Å². The van der Waals surface area contributed by atoms with Gasteiger partial charge in [0.05, 0.1) is 6.04 Å². The van der Waals surface area contributed by atoms with Crippen LogP contribution in [0.5, 0.6) is 0 Å². The number of hydrogen-bond donors (Lipinski definition) is 1. The summed E-state index contributed by atoms with van der Waals surface area (Å²) in [5.74, 6) is 0.705. The van der Waals surface area contributed by atoms with Gasteiger partial charge in [0, 0.05) is 6.20 Å². The van der Waals surface area contributed by atoms with Gasteiger partial charge in [-0.15, -0.1) is 0 Å². The van der Waals surface area contributed by atoms with Gasteiger partial charge in [0.2, 0.25) is 5.90 Å². The van der Waals surface area contributed by atoms with Gasteiger partial charge in [-0.2, -0.15) is 0 Å². The van der Waals surface area contributed by atoms with Gasteiger partial charge in [0.15, 0.2) is 0 Å². The molecule has 3 nitrogen and oxygen atoms in total. The van der Waals surface area contributed by atoms with Crippen LogP contribution in [0.4, 0.5) is 0 Å². The number of H-pyrrole nitrogens is 1. The third kappa shape index (κ3) is 1.84. The van der Waals surface area contributed by atoms with Gasteiger partial charge in [-0.3, -0.25) is 0 Å². The summed E-state index contributed by atoms with van der Waals surface area (Å²) in [6.45, 7) is 2.08. The SMILES string of the molecule is C[C@H]1N=C(c2ccc[nH]2)O[C@H]1c1ccccc1. The highest BCUT2D eigenvalue weighted by atomic mass is 16.5. The fraction of sp³-hybridized carbons (Fsp3) is 0.214. The monoisotopic (exact) mass is 226 g/mol. The van der Waals surface area contributed by atoms with Crippen molar-refractivity contribution in [2.24, 2.45) is 4.99 Å². The summed E-state index contributed by atoms with van der Waals surface area (Å²) < 4.78 is 5.92. The van der Waals surface area contributed by atoms with Crippen LogP contribution in [0.2, 0.25) is 0 Å². The molecule has 2 aromatic rings. The first-order valence-electron chi connectivity index (χ1n) is 5.78. The molecule has 2 atom stereocenters. The first kappa shape index (κ1) is 10.1. The van der Waals surface area contributed by atoms with E-state index in [2.05, 4.69) is 29.0 Å². The summed E-state index contributed by atoms with van der Waals surface area (Å²) in [6, 6.07) is 14.3. The van der Waals surface area contributed by atoms with Crippen molar-refractivity contribution in [3.05, 3.63) is 59.9 Å². The smallest absolute Gasteiger partial charge is 0.234 e. The highest BCUT2D eigenvalue weighted by Crippen LogP contribution is 2.30. The van der Waals surface area contributed by atoms with E-state index in [1.54, 1.807) is 0 Å². The molecule has 0 bridgehead atoms. The second-order valence-corrected chi connectivity index (χ2v) is 4.21. The summed E-state index contributed by atoms with van der Waals surface area (Å²) in [6.07, 6.45) is 1.90. The molecule has 1 aliphatic rings. The van der Waals surface area contributed by atoms with Crippen LogP contribution in [0.15, 0.2) is 53.7 Å². The van der Waals surface area contributed by atoms with E-state index in [4.69, 9.17) is 4.74 Å². The number of nitrogens with zero attached hydrogens (tertiary/aromatic N) is 1. The van der Waals surface area contributed by atoms with Crippen molar-refractivity contribution in [2.45, 2.75) is 19.1 Å². The second-order valence-electron chi connectivity index (χ2n) is 4.21. The van der Waals surface area contributed by atoms with Crippen molar-refractivity contribution in [3.8, 4) is 0 Å². The van der Waals surface area contributed by atoms with E-state index in [1.807, 2.05) is 36.5 Å². The summed E-state index contributed by atoms with van der Waals surface area (Å²) >= 11 is 0. The predicted octanol–water partition coefficient (Wildman–Crippen LogP) is 2.92. The van der Waals surface area contributed by atoms with E-state index in [9.17, 15) is 0 Å². The lowest BCUT2D eigenvalue weighted by Gasteiger charge is -2.14. The molecule has 0 aliphatic carbocycles. The third-order valence-electron chi connectivity index (χ3n) is 2.95. The molecule has 1 aromatic carbocycles.